The molecule has 0 aliphatic rings. The van der Waals surface area contributed by atoms with E-state index in [1.165, 1.54) is 22.6 Å². The van der Waals surface area contributed by atoms with Gasteiger partial charge in [-0.2, -0.15) is 0 Å². The number of carbonyl (C=O) groups is 1. The minimum atomic E-state index is -0.674. The SMILES string of the molecule is Cc1ccc(C(=O)OCc2cc(=O)n3cc(Br)ccc3n2)cc1F. The number of rotatable bonds is 3. The Morgan fingerprint density at radius 2 is 2.08 bits per heavy atom. The van der Waals surface area contributed by atoms with Crippen LogP contribution in [0.25, 0.3) is 5.65 Å². The van der Waals surface area contributed by atoms with Gasteiger partial charge in [-0.3, -0.25) is 9.20 Å². The Hall–Kier alpha value is -2.54. The Labute approximate surface area is 144 Å². The highest BCUT2D eigenvalue weighted by Gasteiger charge is 2.11. The molecule has 7 heteroatoms. The van der Waals surface area contributed by atoms with E-state index in [0.29, 0.717) is 16.9 Å². The van der Waals surface area contributed by atoms with Crippen LogP contribution < -0.4 is 5.56 Å². The Kier molecular flexibility index (Phi) is 4.44. The van der Waals surface area contributed by atoms with E-state index in [1.807, 2.05) is 0 Å². The Bertz CT molecular complexity index is 1000. The van der Waals surface area contributed by atoms with Crippen molar-refractivity contribution in [2.75, 3.05) is 0 Å². The van der Waals surface area contributed by atoms with Gasteiger partial charge in [0.15, 0.2) is 0 Å². The van der Waals surface area contributed by atoms with E-state index in [4.69, 9.17) is 4.74 Å². The molecule has 0 N–H and O–H groups in total. The second kappa shape index (κ2) is 6.52. The summed E-state index contributed by atoms with van der Waals surface area (Å²) in [7, 11) is 0. The molecule has 24 heavy (non-hydrogen) atoms. The van der Waals surface area contributed by atoms with E-state index in [9.17, 15) is 14.0 Å². The third-order valence-electron chi connectivity index (χ3n) is 3.44. The van der Waals surface area contributed by atoms with Crippen molar-refractivity contribution in [1.29, 1.82) is 0 Å². The van der Waals surface area contributed by atoms with Gasteiger partial charge in [-0.05, 0) is 52.7 Å². The summed E-state index contributed by atoms with van der Waals surface area (Å²) in [4.78, 5) is 28.3. The molecule has 0 fully saturated rings. The average Bonchev–Trinajstić information content (AvgIpc) is 2.56. The molecular formula is C17H12BrFN2O3. The van der Waals surface area contributed by atoms with Crippen molar-refractivity contribution in [2.45, 2.75) is 13.5 Å². The van der Waals surface area contributed by atoms with Gasteiger partial charge in [-0.1, -0.05) is 6.07 Å². The minimum Gasteiger partial charge on any atom is -0.456 e. The van der Waals surface area contributed by atoms with Gasteiger partial charge in [-0.25, -0.2) is 14.2 Å². The zero-order valence-corrected chi connectivity index (χ0v) is 14.2. The number of ether oxygens (including phenoxy) is 1. The number of benzene rings is 1. The van der Waals surface area contributed by atoms with E-state index in [1.54, 1.807) is 25.3 Å². The summed E-state index contributed by atoms with van der Waals surface area (Å²) in [6.45, 7) is 1.44. The maximum Gasteiger partial charge on any atom is 0.338 e. The van der Waals surface area contributed by atoms with E-state index in [0.717, 1.165) is 10.5 Å². The van der Waals surface area contributed by atoms with Crippen molar-refractivity contribution in [3.63, 3.8) is 0 Å². The number of carbonyl (C=O) groups excluding carboxylic acids is 1. The van der Waals surface area contributed by atoms with Gasteiger partial charge in [0.05, 0.1) is 11.3 Å². The third kappa shape index (κ3) is 3.35. The number of hydrogen-bond acceptors (Lipinski definition) is 4. The summed E-state index contributed by atoms with van der Waals surface area (Å²) in [5, 5.41) is 0. The van der Waals surface area contributed by atoms with Crippen molar-refractivity contribution >= 4 is 27.5 Å². The lowest BCUT2D eigenvalue weighted by Crippen LogP contribution is -2.16. The van der Waals surface area contributed by atoms with Crippen molar-refractivity contribution in [1.82, 2.24) is 9.38 Å². The summed E-state index contributed by atoms with van der Waals surface area (Å²) in [5.41, 5.74) is 1.04. The highest BCUT2D eigenvalue weighted by Crippen LogP contribution is 2.12. The lowest BCUT2D eigenvalue weighted by atomic mass is 10.1. The number of aromatic nitrogens is 2. The van der Waals surface area contributed by atoms with Gasteiger partial charge in [0.1, 0.15) is 18.1 Å². The summed E-state index contributed by atoms with van der Waals surface area (Å²) in [6, 6.07) is 8.84. The standard InChI is InChI=1S/C17H12BrFN2O3/c1-10-2-3-11(6-14(10)19)17(23)24-9-13-7-16(22)21-8-12(18)4-5-15(21)20-13/h2-8H,9H2,1H3. The van der Waals surface area contributed by atoms with Crippen LogP contribution >= 0.6 is 15.9 Å². The molecule has 3 rings (SSSR count). The summed E-state index contributed by atoms with van der Waals surface area (Å²) >= 11 is 3.28. The number of esters is 1. The first-order valence-electron chi connectivity index (χ1n) is 7.05. The van der Waals surface area contributed by atoms with Crippen LogP contribution in [0.5, 0.6) is 0 Å². The lowest BCUT2D eigenvalue weighted by Gasteiger charge is -2.07. The predicted molar refractivity (Wildman–Crippen MR) is 89.4 cm³/mol. The maximum atomic E-state index is 13.5. The molecule has 0 spiro atoms. The fourth-order valence-electron chi connectivity index (χ4n) is 2.14. The van der Waals surface area contributed by atoms with Crippen LogP contribution in [0, 0.1) is 12.7 Å². The zero-order valence-electron chi connectivity index (χ0n) is 12.6. The number of fused-ring (bicyclic) bond motifs is 1. The smallest absolute Gasteiger partial charge is 0.338 e. The molecule has 0 bridgehead atoms. The van der Waals surface area contributed by atoms with Crippen LogP contribution in [0.1, 0.15) is 21.6 Å². The zero-order chi connectivity index (χ0) is 17.3. The van der Waals surface area contributed by atoms with E-state index >= 15 is 0 Å². The number of hydrogen-bond donors (Lipinski definition) is 0. The highest BCUT2D eigenvalue weighted by atomic mass is 79.9. The second-order valence-corrected chi connectivity index (χ2v) is 6.12. The molecule has 0 unspecified atom stereocenters. The molecule has 0 aliphatic carbocycles. The van der Waals surface area contributed by atoms with Crippen LogP contribution in [0.2, 0.25) is 0 Å². The number of nitrogens with zero attached hydrogens (tertiary/aromatic N) is 2. The molecular weight excluding hydrogens is 379 g/mol. The lowest BCUT2D eigenvalue weighted by molar-refractivity contribution is 0.0467. The highest BCUT2D eigenvalue weighted by molar-refractivity contribution is 9.10. The maximum absolute atomic E-state index is 13.5. The summed E-state index contributed by atoms with van der Waals surface area (Å²) < 4.78 is 20.7. The van der Waals surface area contributed by atoms with Crippen LogP contribution in [0.15, 0.2) is 51.9 Å². The first-order chi connectivity index (χ1) is 11.4. The molecule has 0 saturated carbocycles. The van der Waals surface area contributed by atoms with Crippen LogP contribution in [-0.2, 0) is 11.3 Å². The van der Waals surface area contributed by atoms with Gasteiger partial charge in [-0.15, -0.1) is 0 Å². The summed E-state index contributed by atoms with van der Waals surface area (Å²) in [5.74, 6) is -1.15. The van der Waals surface area contributed by atoms with Crippen molar-refractivity contribution in [3.8, 4) is 0 Å². The van der Waals surface area contributed by atoms with Crippen molar-refractivity contribution in [2.24, 2.45) is 0 Å². The largest absolute Gasteiger partial charge is 0.456 e. The molecule has 0 saturated heterocycles. The first-order valence-corrected chi connectivity index (χ1v) is 7.84. The molecule has 5 nitrogen and oxygen atoms in total. The fourth-order valence-corrected chi connectivity index (χ4v) is 2.48. The summed E-state index contributed by atoms with van der Waals surface area (Å²) in [6.07, 6.45) is 1.61. The van der Waals surface area contributed by atoms with Gasteiger partial charge in [0.2, 0.25) is 0 Å². The van der Waals surface area contributed by atoms with E-state index < -0.39 is 11.8 Å². The van der Waals surface area contributed by atoms with E-state index in [-0.39, 0.29) is 17.7 Å². The topological polar surface area (TPSA) is 60.7 Å². The predicted octanol–water partition coefficient (Wildman–Crippen LogP) is 3.26. The van der Waals surface area contributed by atoms with Crippen molar-refractivity contribution in [3.05, 3.63) is 80.1 Å². The van der Waals surface area contributed by atoms with Crippen LogP contribution in [-0.4, -0.2) is 15.4 Å². The van der Waals surface area contributed by atoms with Crippen LogP contribution in [0.3, 0.4) is 0 Å². The van der Waals surface area contributed by atoms with Gasteiger partial charge in [0, 0.05) is 16.7 Å². The molecule has 0 radical (unpaired) electrons. The number of halogens is 2. The van der Waals surface area contributed by atoms with Crippen molar-refractivity contribution < 1.29 is 13.9 Å². The molecule has 1 aromatic carbocycles. The number of aryl methyl sites for hydroxylation is 1. The quantitative estimate of drug-likeness (QED) is 0.644. The van der Waals surface area contributed by atoms with Gasteiger partial charge < -0.3 is 4.74 Å². The van der Waals surface area contributed by atoms with Gasteiger partial charge in [0.25, 0.3) is 5.56 Å². The molecule has 0 atom stereocenters. The van der Waals surface area contributed by atoms with E-state index in [2.05, 4.69) is 20.9 Å². The third-order valence-corrected chi connectivity index (χ3v) is 3.90. The monoisotopic (exact) mass is 390 g/mol. The second-order valence-electron chi connectivity index (χ2n) is 5.20. The molecule has 3 aromatic rings. The fraction of sp³-hybridized carbons (Fsp3) is 0.118. The minimum absolute atomic E-state index is 0.111. The molecule has 2 aromatic heterocycles. The Morgan fingerprint density at radius 1 is 1.29 bits per heavy atom. The van der Waals surface area contributed by atoms with Gasteiger partial charge >= 0.3 is 5.97 Å². The normalized spacial score (nSPS) is 10.8. The number of pyridine rings is 1. The molecule has 0 amide bonds. The molecule has 0 aliphatic heterocycles. The molecule has 122 valence electrons. The van der Waals surface area contributed by atoms with Crippen LogP contribution in [0.4, 0.5) is 4.39 Å². The average molecular weight is 391 g/mol. The first kappa shape index (κ1) is 16.3. The molecule has 2 heterocycles. The Morgan fingerprint density at radius 3 is 2.83 bits per heavy atom. The Balaban J connectivity index is 1.80.